The molecule has 0 spiro atoms. The van der Waals surface area contributed by atoms with Gasteiger partial charge in [0.15, 0.2) is 5.60 Å². The molecular weight excluding hydrogens is 218 g/mol. The summed E-state index contributed by atoms with van der Waals surface area (Å²) in [6, 6.07) is 10.1. The van der Waals surface area contributed by atoms with Crippen LogP contribution >= 0.6 is 0 Å². The molecule has 4 nitrogen and oxygen atoms in total. The fourth-order valence-electron chi connectivity index (χ4n) is 2.26. The lowest BCUT2D eigenvalue weighted by molar-refractivity contribution is -0.160. The highest BCUT2D eigenvalue weighted by molar-refractivity contribution is 5.78. The molecule has 1 aromatic carbocycles. The molecule has 1 heterocycles. The number of rotatable bonds is 4. The molecule has 1 N–H and O–H groups in total. The molecule has 92 valence electrons. The maximum atomic E-state index is 11.2. The zero-order valence-electron chi connectivity index (χ0n) is 9.93. The molecule has 1 saturated heterocycles. The Hall–Kier alpha value is -1.39. The van der Waals surface area contributed by atoms with Gasteiger partial charge in [0.1, 0.15) is 0 Å². The number of ether oxygens (including phenoxy) is 1. The van der Waals surface area contributed by atoms with E-state index in [2.05, 4.69) is 4.90 Å². The maximum absolute atomic E-state index is 11.2. The standard InChI is InChI=1S/C13H17NO3/c1-17-13(12(15)16)7-8-14(10-13)9-11-5-3-2-4-6-11/h2-6H,7-10H2,1H3,(H,15,16). The first-order valence-electron chi connectivity index (χ1n) is 5.71. The van der Waals surface area contributed by atoms with E-state index in [4.69, 9.17) is 4.74 Å². The molecular formula is C13H17NO3. The molecule has 17 heavy (non-hydrogen) atoms. The largest absolute Gasteiger partial charge is 0.479 e. The number of aliphatic carboxylic acids is 1. The molecule has 4 heteroatoms. The molecule has 0 amide bonds. The SMILES string of the molecule is COC1(C(=O)O)CCN(Cc2ccccc2)C1. The summed E-state index contributed by atoms with van der Waals surface area (Å²) in [5.41, 5.74) is 0.180. The first kappa shape index (κ1) is 12.1. The van der Waals surface area contributed by atoms with Crippen molar-refractivity contribution >= 4 is 5.97 Å². The van der Waals surface area contributed by atoms with Crippen molar-refractivity contribution in [1.82, 2.24) is 4.90 Å². The number of likely N-dealkylation sites (tertiary alicyclic amines) is 1. The van der Waals surface area contributed by atoms with Crippen LogP contribution in [0.5, 0.6) is 0 Å². The number of methoxy groups -OCH3 is 1. The van der Waals surface area contributed by atoms with Crippen LogP contribution in [0.25, 0.3) is 0 Å². The Morgan fingerprint density at radius 3 is 2.71 bits per heavy atom. The quantitative estimate of drug-likeness (QED) is 0.856. The van der Waals surface area contributed by atoms with Crippen LogP contribution in [0.4, 0.5) is 0 Å². The van der Waals surface area contributed by atoms with Crippen LogP contribution in [0, 0.1) is 0 Å². The highest BCUT2D eigenvalue weighted by atomic mass is 16.5. The predicted molar refractivity (Wildman–Crippen MR) is 63.7 cm³/mol. The third-order valence-corrected chi connectivity index (χ3v) is 3.34. The van der Waals surface area contributed by atoms with Gasteiger partial charge in [-0.2, -0.15) is 0 Å². The average molecular weight is 235 g/mol. The van der Waals surface area contributed by atoms with Crippen LogP contribution in [0.2, 0.25) is 0 Å². The van der Waals surface area contributed by atoms with E-state index in [0.717, 1.165) is 13.1 Å². The molecule has 1 aliphatic rings. The highest BCUT2D eigenvalue weighted by Crippen LogP contribution is 2.26. The summed E-state index contributed by atoms with van der Waals surface area (Å²) in [5.74, 6) is -0.865. The molecule has 1 aromatic rings. The zero-order chi connectivity index (χ0) is 12.3. The van der Waals surface area contributed by atoms with E-state index in [0.29, 0.717) is 13.0 Å². The molecule has 1 unspecified atom stereocenters. The van der Waals surface area contributed by atoms with E-state index in [-0.39, 0.29) is 0 Å². The van der Waals surface area contributed by atoms with Crippen molar-refractivity contribution in [2.24, 2.45) is 0 Å². The molecule has 1 aliphatic heterocycles. The van der Waals surface area contributed by atoms with Crippen LogP contribution in [-0.4, -0.2) is 41.8 Å². The molecule has 1 fully saturated rings. The van der Waals surface area contributed by atoms with E-state index in [1.54, 1.807) is 0 Å². The number of nitrogens with zero attached hydrogens (tertiary/aromatic N) is 1. The smallest absolute Gasteiger partial charge is 0.337 e. The first-order chi connectivity index (χ1) is 8.16. The summed E-state index contributed by atoms with van der Waals surface area (Å²) in [6.45, 7) is 1.99. The third kappa shape index (κ3) is 2.48. The van der Waals surface area contributed by atoms with Gasteiger partial charge >= 0.3 is 5.97 Å². The fourth-order valence-corrected chi connectivity index (χ4v) is 2.26. The monoisotopic (exact) mass is 235 g/mol. The average Bonchev–Trinajstić information content (AvgIpc) is 2.75. The van der Waals surface area contributed by atoms with Gasteiger partial charge in [0.25, 0.3) is 0 Å². The van der Waals surface area contributed by atoms with Crippen molar-refractivity contribution < 1.29 is 14.6 Å². The van der Waals surface area contributed by atoms with Crippen LogP contribution in [-0.2, 0) is 16.1 Å². The Balaban J connectivity index is 2.01. The fraction of sp³-hybridized carbons (Fsp3) is 0.462. The van der Waals surface area contributed by atoms with Gasteiger partial charge in [0.2, 0.25) is 0 Å². The van der Waals surface area contributed by atoms with Crippen LogP contribution < -0.4 is 0 Å². The normalized spacial score (nSPS) is 25.0. The minimum absolute atomic E-state index is 0.452. The summed E-state index contributed by atoms with van der Waals surface area (Å²) in [7, 11) is 1.47. The lowest BCUT2D eigenvalue weighted by Crippen LogP contribution is -2.43. The summed E-state index contributed by atoms with van der Waals surface area (Å²) in [6.07, 6.45) is 0.547. The van der Waals surface area contributed by atoms with Gasteiger partial charge in [-0.1, -0.05) is 30.3 Å². The summed E-state index contributed by atoms with van der Waals surface area (Å²) in [5, 5.41) is 9.20. The summed E-state index contributed by atoms with van der Waals surface area (Å²) in [4.78, 5) is 13.3. The molecule has 2 rings (SSSR count). The molecule has 0 aromatic heterocycles. The van der Waals surface area contributed by atoms with Crippen molar-refractivity contribution in [3.8, 4) is 0 Å². The number of carboxylic acids is 1. The maximum Gasteiger partial charge on any atom is 0.337 e. The zero-order valence-corrected chi connectivity index (χ0v) is 9.93. The molecule has 1 atom stereocenters. The Labute approximate surface area is 101 Å². The van der Waals surface area contributed by atoms with Gasteiger partial charge in [-0.15, -0.1) is 0 Å². The molecule has 0 radical (unpaired) electrons. The van der Waals surface area contributed by atoms with E-state index in [1.165, 1.54) is 12.7 Å². The number of carboxylic acid groups (broad SMARTS) is 1. The molecule has 0 bridgehead atoms. The van der Waals surface area contributed by atoms with E-state index >= 15 is 0 Å². The van der Waals surface area contributed by atoms with Gasteiger partial charge in [-0.05, 0) is 5.56 Å². The summed E-state index contributed by atoms with van der Waals surface area (Å²) < 4.78 is 5.19. The molecule has 0 saturated carbocycles. The van der Waals surface area contributed by atoms with Crippen molar-refractivity contribution in [1.29, 1.82) is 0 Å². The lowest BCUT2D eigenvalue weighted by atomic mass is 10.0. The number of carbonyl (C=O) groups is 1. The Kier molecular flexibility index (Phi) is 3.45. The van der Waals surface area contributed by atoms with Gasteiger partial charge in [0, 0.05) is 33.2 Å². The lowest BCUT2D eigenvalue weighted by Gasteiger charge is -2.23. The van der Waals surface area contributed by atoms with Crippen LogP contribution in [0.3, 0.4) is 0 Å². The van der Waals surface area contributed by atoms with Crippen LogP contribution in [0.1, 0.15) is 12.0 Å². The minimum Gasteiger partial charge on any atom is -0.479 e. The minimum atomic E-state index is -1.02. The van der Waals surface area contributed by atoms with Gasteiger partial charge in [-0.25, -0.2) is 4.79 Å². The summed E-state index contributed by atoms with van der Waals surface area (Å²) >= 11 is 0. The Morgan fingerprint density at radius 1 is 1.47 bits per heavy atom. The van der Waals surface area contributed by atoms with Crippen molar-refractivity contribution in [2.45, 2.75) is 18.6 Å². The van der Waals surface area contributed by atoms with Crippen molar-refractivity contribution in [3.05, 3.63) is 35.9 Å². The Bertz CT molecular complexity index is 393. The predicted octanol–water partition coefficient (Wildman–Crippen LogP) is 1.36. The van der Waals surface area contributed by atoms with Crippen LogP contribution in [0.15, 0.2) is 30.3 Å². The number of hydrogen-bond acceptors (Lipinski definition) is 3. The topological polar surface area (TPSA) is 49.8 Å². The molecule has 0 aliphatic carbocycles. The van der Waals surface area contributed by atoms with Crippen molar-refractivity contribution in [2.75, 3.05) is 20.2 Å². The number of benzene rings is 1. The van der Waals surface area contributed by atoms with Crippen molar-refractivity contribution in [3.63, 3.8) is 0 Å². The van der Waals surface area contributed by atoms with Gasteiger partial charge in [0.05, 0.1) is 0 Å². The second kappa shape index (κ2) is 4.85. The third-order valence-electron chi connectivity index (χ3n) is 3.34. The number of hydrogen-bond donors (Lipinski definition) is 1. The van der Waals surface area contributed by atoms with Gasteiger partial charge in [-0.3, -0.25) is 4.90 Å². The van der Waals surface area contributed by atoms with Gasteiger partial charge < -0.3 is 9.84 Å². The van der Waals surface area contributed by atoms with E-state index < -0.39 is 11.6 Å². The van der Waals surface area contributed by atoms with E-state index in [9.17, 15) is 9.90 Å². The Morgan fingerprint density at radius 2 is 2.18 bits per heavy atom. The first-order valence-corrected chi connectivity index (χ1v) is 5.71. The second-order valence-electron chi connectivity index (χ2n) is 4.45. The van der Waals surface area contributed by atoms with E-state index in [1.807, 2.05) is 30.3 Å². The highest BCUT2D eigenvalue weighted by Gasteiger charge is 2.45. The second-order valence-corrected chi connectivity index (χ2v) is 4.45.